The lowest BCUT2D eigenvalue weighted by atomic mass is 10.1. The molecule has 0 atom stereocenters. The normalized spacial score (nSPS) is 11.5. The molecule has 10 heteroatoms. The molecule has 0 fully saturated rings. The first-order valence-electron chi connectivity index (χ1n) is 10.8. The van der Waals surface area contributed by atoms with E-state index in [-0.39, 0.29) is 4.90 Å². The minimum Gasteiger partial charge on any atom is -0.481 e. The van der Waals surface area contributed by atoms with Crippen LogP contribution in [0.1, 0.15) is 5.69 Å². The van der Waals surface area contributed by atoms with Gasteiger partial charge in [0, 0.05) is 42.0 Å². The van der Waals surface area contributed by atoms with Crippen molar-refractivity contribution in [3.63, 3.8) is 0 Å². The lowest BCUT2D eigenvalue weighted by molar-refractivity contribution is 0.396. The van der Waals surface area contributed by atoms with Crippen LogP contribution in [0.15, 0.2) is 84.1 Å². The summed E-state index contributed by atoms with van der Waals surface area (Å²) in [4.78, 5) is 13.4. The molecule has 0 bridgehead atoms. The Morgan fingerprint density at radius 2 is 1.80 bits per heavy atom. The van der Waals surface area contributed by atoms with Crippen molar-refractivity contribution in [1.29, 1.82) is 0 Å². The van der Waals surface area contributed by atoms with E-state index in [9.17, 15) is 8.42 Å². The highest BCUT2D eigenvalue weighted by Gasteiger charge is 2.17. The van der Waals surface area contributed by atoms with Gasteiger partial charge in [0.25, 0.3) is 0 Å². The molecule has 0 radical (unpaired) electrons. The number of hydrogen-bond acceptors (Lipinski definition) is 8. The SMILES string of the molecule is COc1cccc(CNc2nc(-c3cncc(S(C)(=O)=O)c3)nn3ccc(-c4ccccc4)c23)n1. The second kappa shape index (κ2) is 9.15. The van der Waals surface area contributed by atoms with Crippen molar-refractivity contribution in [1.82, 2.24) is 24.6 Å². The zero-order valence-corrected chi connectivity index (χ0v) is 19.9. The number of pyridine rings is 2. The Morgan fingerprint density at radius 1 is 0.971 bits per heavy atom. The maximum Gasteiger partial charge on any atom is 0.213 e. The van der Waals surface area contributed by atoms with Crippen LogP contribution in [0, 0.1) is 0 Å². The van der Waals surface area contributed by atoms with Crippen molar-refractivity contribution in [2.24, 2.45) is 0 Å². The second-order valence-corrected chi connectivity index (χ2v) is 9.89. The van der Waals surface area contributed by atoms with Gasteiger partial charge < -0.3 is 10.1 Å². The van der Waals surface area contributed by atoms with E-state index in [0.717, 1.165) is 28.6 Å². The first-order chi connectivity index (χ1) is 16.9. The fourth-order valence-corrected chi connectivity index (χ4v) is 4.30. The molecule has 176 valence electrons. The minimum atomic E-state index is -3.43. The van der Waals surface area contributed by atoms with Crippen molar-refractivity contribution in [2.45, 2.75) is 11.4 Å². The van der Waals surface area contributed by atoms with Crippen molar-refractivity contribution in [3.8, 4) is 28.4 Å². The number of aromatic nitrogens is 5. The van der Waals surface area contributed by atoms with Crippen LogP contribution in [0.4, 0.5) is 5.82 Å². The van der Waals surface area contributed by atoms with E-state index in [2.05, 4.69) is 20.4 Å². The number of benzene rings is 1. The minimum absolute atomic E-state index is 0.103. The molecule has 1 N–H and O–H groups in total. The molecule has 0 spiro atoms. The number of hydrogen-bond donors (Lipinski definition) is 1. The van der Waals surface area contributed by atoms with E-state index < -0.39 is 9.84 Å². The lowest BCUT2D eigenvalue weighted by Crippen LogP contribution is -2.09. The van der Waals surface area contributed by atoms with Gasteiger partial charge in [0.2, 0.25) is 5.88 Å². The molecule has 0 saturated heterocycles. The fraction of sp³-hybridized carbons (Fsp3) is 0.120. The summed E-state index contributed by atoms with van der Waals surface area (Å²) in [5.41, 5.74) is 4.04. The Hall–Kier alpha value is -4.31. The largest absolute Gasteiger partial charge is 0.481 e. The summed E-state index contributed by atoms with van der Waals surface area (Å²) in [6.07, 6.45) is 5.86. The molecule has 0 saturated carbocycles. The predicted molar refractivity (Wildman–Crippen MR) is 133 cm³/mol. The van der Waals surface area contributed by atoms with Gasteiger partial charge >= 0.3 is 0 Å². The van der Waals surface area contributed by atoms with Crippen LogP contribution in [0.25, 0.3) is 28.0 Å². The Bertz CT molecular complexity index is 1620. The van der Waals surface area contributed by atoms with Gasteiger partial charge in [0.15, 0.2) is 21.5 Å². The molecular formula is C25H22N6O3S. The van der Waals surface area contributed by atoms with Crippen LogP contribution in [0.2, 0.25) is 0 Å². The fourth-order valence-electron chi connectivity index (χ4n) is 3.71. The van der Waals surface area contributed by atoms with Gasteiger partial charge in [-0.15, -0.1) is 5.10 Å². The predicted octanol–water partition coefficient (Wildman–Crippen LogP) is 3.88. The first-order valence-corrected chi connectivity index (χ1v) is 12.7. The Kier molecular flexibility index (Phi) is 5.87. The molecule has 4 heterocycles. The van der Waals surface area contributed by atoms with Crippen molar-refractivity contribution < 1.29 is 13.2 Å². The topological polar surface area (TPSA) is 111 Å². The smallest absolute Gasteiger partial charge is 0.213 e. The Morgan fingerprint density at radius 3 is 2.57 bits per heavy atom. The Balaban J connectivity index is 1.63. The number of anilines is 1. The van der Waals surface area contributed by atoms with E-state index in [4.69, 9.17) is 9.72 Å². The van der Waals surface area contributed by atoms with Gasteiger partial charge in [-0.05, 0) is 23.8 Å². The Labute approximate surface area is 202 Å². The number of nitrogens with zero attached hydrogens (tertiary/aromatic N) is 5. The van der Waals surface area contributed by atoms with Crippen molar-refractivity contribution in [2.75, 3.05) is 18.7 Å². The quantitative estimate of drug-likeness (QED) is 0.369. The van der Waals surface area contributed by atoms with E-state index in [1.54, 1.807) is 23.9 Å². The van der Waals surface area contributed by atoms with Crippen LogP contribution < -0.4 is 10.1 Å². The molecule has 0 unspecified atom stereocenters. The molecule has 5 aromatic rings. The van der Waals surface area contributed by atoms with Crippen LogP contribution in [-0.2, 0) is 16.4 Å². The highest BCUT2D eigenvalue weighted by atomic mass is 32.2. The molecule has 5 rings (SSSR count). The summed E-state index contributed by atoms with van der Waals surface area (Å²) < 4.78 is 31.1. The van der Waals surface area contributed by atoms with Gasteiger partial charge in [0.05, 0.1) is 24.2 Å². The summed E-state index contributed by atoms with van der Waals surface area (Å²) in [6.45, 7) is 0.393. The second-order valence-electron chi connectivity index (χ2n) is 7.88. The van der Waals surface area contributed by atoms with E-state index in [0.29, 0.717) is 29.6 Å². The van der Waals surface area contributed by atoms with Gasteiger partial charge in [0.1, 0.15) is 5.52 Å². The summed E-state index contributed by atoms with van der Waals surface area (Å²) in [6, 6.07) is 19.0. The molecule has 35 heavy (non-hydrogen) atoms. The van der Waals surface area contributed by atoms with Gasteiger partial charge in [-0.3, -0.25) is 4.98 Å². The van der Waals surface area contributed by atoms with Gasteiger partial charge in [-0.25, -0.2) is 22.9 Å². The summed E-state index contributed by atoms with van der Waals surface area (Å²) in [5.74, 6) is 1.44. The zero-order valence-electron chi connectivity index (χ0n) is 19.1. The number of rotatable bonds is 7. The number of nitrogens with one attached hydrogen (secondary N) is 1. The highest BCUT2D eigenvalue weighted by Crippen LogP contribution is 2.31. The van der Waals surface area contributed by atoms with Crippen molar-refractivity contribution >= 4 is 21.2 Å². The third kappa shape index (κ3) is 4.69. The molecule has 4 aromatic heterocycles. The number of sulfone groups is 1. The van der Waals surface area contributed by atoms with Gasteiger partial charge in [-0.2, -0.15) is 0 Å². The molecule has 1 aromatic carbocycles. The molecule has 0 aliphatic rings. The van der Waals surface area contributed by atoms with Crippen LogP contribution in [0.3, 0.4) is 0 Å². The van der Waals surface area contributed by atoms with Crippen LogP contribution in [-0.4, -0.2) is 46.3 Å². The standard InChI is InChI=1S/C25H22N6O3S/c1-34-22-10-6-9-19(28-22)15-27-25-23-21(17-7-4-3-5-8-17)11-12-31(23)30-24(29-25)18-13-20(16-26-14-18)35(2,32)33/h3-14,16H,15H2,1-2H3,(H,27,29,30). The lowest BCUT2D eigenvalue weighted by Gasteiger charge is -2.12. The summed E-state index contributed by atoms with van der Waals surface area (Å²) in [5, 5.41) is 8.03. The summed E-state index contributed by atoms with van der Waals surface area (Å²) >= 11 is 0. The highest BCUT2D eigenvalue weighted by molar-refractivity contribution is 7.90. The molecule has 9 nitrogen and oxygen atoms in total. The average molecular weight is 487 g/mol. The number of ether oxygens (including phenoxy) is 1. The van der Waals surface area contributed by atoms with Crippen LogP contribution in [0.5, 0.6) is 5.88 Å². The van der Waals surface area contributed by atoms with Crippen molar-refractivity contribution in [3.05, 3.63) is 84.9 Å². The van der Waals surface area contributed by atoms with Gasteiger partial charge in [-0.1, -0.05) is 36.4 Å². The number of methoxy groups -OCH3 is 1. The first kappa shape index (κ1) is 22.5. The molecule has 0 aliphatic heterocycles. The monoisotopic (exact) mass is 486 g/mol. The van der Waals surface area contributed by atoms with E-state index >= 15 is 0 Å². The third-order valence-electron chi connectivity index (χ3n) is 5.42. The average Bonchev–Trinajstić information content (AvgIpc) is 3.32. The molecule has 0 amide bonds. The van der Waals surface area contributed by atoms with E-state index in [1.807, 2.05) is 54.7 Å². The maximum absolute atomic E-state index is 12.1. The number of fused-ring (bicyclic) bond motifs is 1. The molecule has 0 aliphatic carbocycles. The van der Waals surface area contributed by atoms with E-state index in [1.165, 1.54) is 12.3 Å². The van der Waals surface area contributed by atoms with Crippen LogP contribution >= 0.6 is 0 Å². The summed E-state index contributed by atoms with van der Waals surface area (Å²) in [7, 11) is -1.86. The zero-order chi connectivity index (χ0) is 24.4. The molecular weight excluding hydrogens is 464 g/mol. The third-order valence-corrected chi connectivity index (χ3v) is 6.50. The maximum atomic E-state index is 12.1.